The minimum absolute atomic E-state index is 0.149. The van der Waals surface area contributed by atoms with E-state index >= 15 is 0 Å². The fourth-order valence-electron chi connectivity index (χ4n) is 2.85. The van der Waals surface area contributed by atoms with Crippen LogP contribution < -0.4 is 0 Å². The Bertz CT molecular complexity index is 669. The average Bonchev–Trinajstić information content (AvgIpc) is 3.12. The van der Waals surface area contributed by atoms with Crippen molar-refractivity contribution < 1.29 is 23.6 Å². The fraction of sp³-hybridized carbons (Fsp3) is 0.471. The van der Waals surface area contributed by atoms with E-state index in [1.807, 2.05) is 0 Å². The van der Waals surface area contributed by atoms with Crippen molar-refractivity contribution in [1.82, 2.24) is 9.80 Å². The summed E-state index contributed by atoms with van der Waals surface area (Å²) < 4.78 is 18.0. The molecular formula is C17H20FN3O4. The molecule has 2 aliphatic rings. The summed E-state index contributed by atoms with van der Waals surface area (Å²) in [7, 11) is 0. The largest absolute Gasteiger partial charge is 0.450 e. The van der Waals surface area contributed by atoms with E-state index in [1.54, 1.807) is 28.9 Å². The number of carbonyl (C=O) groups is 2. The highest BCUT2D eigenvalue weighted by molar-refractivity contribution is 6.04. The molecule has 2 heterocycles. The summed E-state index contributed by atoms with van der Waals surface area (Å²) >= 11 is 0. The Morgan fingerprint density at radius 2 is 1.84 bits per heavy atom. The number of rotatable bonds is 3. The maximum absolute atomic E-state index is 13.0. The lowest BCUT2D eigenvalue weighted by molar-refractivity contribution is -0.143. The molecule has 134 valence electrons. The van der Waals surface area contributed by atoms with E-state index in [2.05, 4.69) is 5.16 Å². The van der Waals surface area contributed by atoms with Crippen molar-refractivity contribution in [3.8, 4) is 0 Å². The Labute approximate surface area is 145 Å². The molecule has 0 aliphatic carbocycles. The van der Waals surface area contributed by atoms with E-state index in [1.165, 1.54) is 12.1 Å². The van der Waals surface area contributed by atoms with E-state index in [0.29, 0.717) is 44.9 Å². The average molecular weight is 349 g/mol. The molecule has 0 unspecified atom stereocenters. The van der Waals surface area contributed by atoms with Crippen molar-refractivity contribution in [3.63, 3.8) is 0 Å². The van der Waals surface area contributed by atoms with Gasteiger partial charge in [0.1, 0.15) is 5.82 Å². The van der Waals surface area contributed by atoms with Crippen LogP contribution >= 0.6 is 0 Å². The second-order valence-electron chi connectivity index (χ2n) is 5.85. The van der Waals surface area contributed by atoms with E-state index in [0.717, 1.165) is 5.56 Å². The van der Waals surface area contributed by atoms with Crippen molar-refractivity contribution in [2.75, 3.05) is 32.8 Å². The SMILES string of the molecule is CCOC(=O)N1CCN(C(=O)[C@@H]2CC(c3ccc(F)cc3)=NO2)CC1. The zero-order valence-electron chi connectivity index (χ0n) is 14.0. The molecule has 3 rings (SSSR count). The first-order valence-corrected chi connectivity index (χ1v) is 8.27. The van der Waals surface area contributed by atoms with Crippen molar-refractivity contribution in [2.45, 2.75) is 19.4 Å². The maximum Gasteiger partial charge on any atom is 0.409 e. The number of piperazine rings is 1. The molecule has 1 atom stereocenters. The van der Waals surface area contributed by atoms with Crippen LogP contribution in [0.15, 0.2) is 29.4 Å². The molecule has 2 amide bonds. The molecule has 1 fully saturated rings. The monoisotopic (exact) mass is 349 g/mol. The number of carbonyl (C=O) groups excluding carboxylic acids is 2. The van der Waals surface area contributed by atoms with Crippen molar-refractivity contribution in [3.05, 3.63) is 35.6 Å². The Morgan fingerprint density at radius 3 is 2.48 bits per heavy atom. The van der Waals surface area contributed by atoms with Gasteiger partial charge in [-0.3, -0.25) is 4.79 Å². The Kier molecular flexibility index (Phi) is 5.16. The van der Waals surface area contributed by atoms with Crippen LogP contribution in [0.5, 0.6) is 0 Å². The predicted octanol–water partition coefficient (Wildman–Crippen LogP) is 1.62. The topological polar surface area (TPSA) is 71.4 Å². The van der Waals surface area contributed by atoms with Gasteiger partial charge in [-0.25, -0.2) is 9.18 Å². The summed E-state index contributed by atoms with van der Waals surface area (Å²) in [6, 6.07) is 5.92. The smallest absolute Gasteiger partial charge is 0.409 e. The van der Waals surface area contributed by atoms with Gasteiger partial charge < -0.3 is 19.4 Å². The number of amides is 2. The van der Waals surface area contributed by atoms with Gasteiger partial charge in [0.2, 0.25) is 6.10 Å². The number of oxime groups is 1. The summed E-state index contributed by atoms with van der Waals surface area (Å²) in [6.45, 7) is 3.82. The summed E-state index contributed by atoms with van der Waals surface area (Å²) in [4.78, 5) is 32.8. The molecular weight excluding hydrogens is 329 g/mol. The first-order chi connectivity index (χ1) is 12.1. The van der Waals surface area contributed by atoms with Crippen LogP contribution in [0.3, 0.4) is 0 Å². The van der Waals surface area contributed by atoms with Gasteiger partial charge in [-0.05, 0) is 24.6 Å². The molecule has 0 spiro atoms. The number of nitrogens with zero attached hydrogens (tertiary/aromatic N) is 3. The number of benzene rings is 1. The molecule has 7 nitrogen and oxygen atoms in total. The number of hydrogen-bond donors (Lipinski definition) is 0. The summed E-state index contributed by atoms with van der Waals surface area (Å²) in [6.07, 6.45) is -0.675. The van der Waals surface area contributed by atoms with E-state index in [4.69, 9.17) is 9.57 Å². The number of halogens is 1. The lowest BCUT2D eigenvalue weighted by atomic mass is 10.0. The van der Waals surface area contributed by atoms with Gasteiger partial charge in [0.05, 0.1) is 12.3 Å². The van der Waals surface area contributed by atoms with Gasteiger partial charge in [-0.2, -0.15) is 0 Å². The quantitative estimate of drug-likeness (QED) is 0.831. The van der Waals surface area contributed by atoms with Gasteiger partial charge in [0.25, 0.3) is 5.91 Å². The number of hydrogen-bond acceptors (Lipinski definition) is 5. The van der Waals surface area contributed by atoms with Crippen molar-refractivity contribution in [2.24, 2.45) is 5.16 Å². The summed E-state index contributed by atoms with van der Waals surface area (Å²) in [5.74, 6) is -0.472. The van der Waals surface area contributed by atoms with Gasteiger partial charge in [0.15, 0.2) is 0 Å². The molecule has 0 radical (unpaired) electrons. The van der Waals surface area contributed by atoms with Crippen LogP contribution in [0.4, 0.5) is 9.18 Å². The van der Waals surface area contributed by atoms with Gasteiger partial charge in [0, 0.05) is 32.6 Å². The minimum atomic E-state index is -0.672. The molecule has 25 heavy (non-hydrogen) atoms. The van der Waals surface area contributed by atoms with Crippen LogP contribution in [-0.4, -0.2) is 66.4 Å². The molecule has 1 aromatic carbocycles. The second kappa shape index (κ2) is 7.50. The third-order valence-electron chi connectivity index (χ3n) is 4.24. The molecule has 0 bridgehead atoms. The fourth-order valence-corrected chi connectivity index (χ4v) is 2.85. The normalized spacial score (nSPS) is 20.1. The molecule has 0 saturated carbocycles. The molecule has 2 aliphatic heterocycles. The third kappa shape index (κ3) is 3.89. The van der Waals surface area contributed by atoms with Crippen LogP contribution in [-0.2, 0) is 14.4 Å². The van der Waals surface area contributed by atoms with E-state index in [9.17, 15) is 14.0 Å². The van der Waals surface area contributed by atoms with Crippen molar-refractivity contribution >= 4 is 17.7 Å². The zero-order valence-corrected chi connectivity index (χ0v) is 14.0. The zero-order chi connectivity index (χ0) is 17.8. The van der Waals surface area contributed by atoms with E-state index < -0.39 is 6.10 Å². The third-order valence-corrected chi connectivity index (χ3v) is 4.24. The highest BCUT2D eigenvalue weighted by Crippen LogP contribution is 2.19. The first kappa shape index (κ1) is 17.2. The predicted molar refractivity (Wildman–Crippen MR) is 87.6 cm³/mol. The Hall–Kier alpha value is -2.64. The molecule has 1 aromatic rings. The lowest BCUT2D eigenvalue weighted by Crippen LogP contribution is -2.53. The summed E-state index contributed by atoms with van der Waals surface area (Å²) in [5.41, 5.74) is 1.37. The minimum Gasteiger partial charge on any atom is -0.450 e. The van der Waals surface area contributed by atoms with E-state index in [-0.39, 0.29) is 17.8 Å². The molecule has 0 aromatic heterocycles. The summed E-state index contributed by atoms with van der Waals surface area (Å²) in [5, 5.41) is 3.96. The Morgan fingerprint density at radius 1 is 1.20 bits per heavy atom. The highest BCUT2D eigenvalue weighted by atomic mass is 19.1. The number of ether oxygens (including phenoxy) is 1. The molecule has 8 heteroatoms. The first-order valence-electron chi connectivity index (χ1n) is 8.27. The van der Waals surface area contributed by atoms with Crippen LogP contribution in [0.1, 0.15) is 18.9 Å². The second-order valence-corrected chi connectivity index (χ2v) is 5.85. The van der Waals surface area contributed by atoms with Gasteiger partial charge >= 0.3 is 6.09 Å². The lowest BCUT2D eigenvalue weighted by Gasteiger charge is -2.34. The highest BCUT2D eigenvalue weighted by Gasteiger charge is 2.34. The van der Waals surface area contributed by atoms with Crippen LogP contribution in [0.2, 0.25) is 0 Å². The maximum atomic E-state index is 13.0. The van der Waals surface area contributed by atoms with Crippen LogP contribution in [0.25, 0.3) is 0 Å². The molecule has 0 N–H and O–H groups in total. The van der Waals surface area contributed by atoms with Gasteiger partial charge in [-0.15, -0.1) is 0 Å². The van der Waals surface area contributed by atoms with Crippen LogP contribution in [0, 0.1) is 5.82 Å². The van der Waals surface area contributed by atoms with Crippen molar-refractivity contribution in [1.29, 1.82) is 0 Å². The van der Waals surface area contributed by atoms with Gasteiger partial charge in [-0.1, -0.05) is 17.3 Å². The molecule has 1 saturated heterocycles. The Balaban J connectivity index is 1.52. The standard InChI is InChI=1S/C17H20FN3O4/c1-2-24-17(23)21-9-7-20(8-10-21)16(22)15-11-14(19-25-15)12-3-5-13(18)6-4-12/h3-6,15H,2,7-11H2,1H3/t15-/m0/s1.